The van der Waals surface area contributed by atoms with E-state index in [1.807, 2.05) is 4.90 Å². The van der Waals surface area contributed by atoms with Gasteiger partial charge in [-0.3, -0.25) is 9.59 Å². The Balaban J connectivity index is 2.02. The van der Waals surface area contributed by atoms with Crippen molar-refractivity contribution >= 4 is 11.8 Å². The van der Waals surface area contributed by atoms with Gasteiger partial charge in [-0.2, -0.15) is 0 Å². The molecule has 1 aliphatic carbocycles. The van der Waals surface area contributed by atoms with Crippen molar-refractivity contribution in [3.05, 3.63) is 0 Å². The summed E-state index contributed by atoms with van der Waals surface area (Å²) in [5.74, 6) is 0.727. The van der Waals surface area contributed by atoms with E-state index in [2.05, 4.69) is 19.2 Å². The van der Waals surface area contributed by atoms with Gasteiger partial charge in [-0.1, -0.05) is 46.0 Å². The minimum absolute atomic E-state index is 0.0249. The molecule has 1 spiro atoms. The van der Waals surface area contributed by atoms with Gasteiger partial charge in [-0.25, -0.2) is 0 Å². The number of amides is 2. The third-order valence-corrected chi connectivity index (χ3v) is 4.89. The summed E-state index contributed by atoms with van der Waals surface area (Å²) in [6.45, 7) is 5.38. The molecule has 20 heavy (non-hydrogen) atoms. The standard InChI is InChI=1S/C16H28N2O2/c1-3-5-8-13(4-2)11-18-12-14(19)17-16(15(18)20)9-6-7-10-16/h13H,3-12H2,1-2H3,(H,17,19). The number of hydrogen-bond acceptors (Lipinski definition) is 2. The molecule has 0 radical (unpaired) electrons. The first-order valence-corrected chi connectivity index (χ1v) is 8.21. The summed E-state index contributed by atoms with van der Waals surface area (Å²) < 4.78 is 0. The fraction of sp³-hybridized carbons (Fsp3) is 0.875. The summed E-state index contributed by atoms with van der Waals surface area (Å²) in [5.41, 5.74) is -0.557. The highest BCUT2D eigenvalue weighted by Crippen LogP contribution is 2.33. The van der Waals surface area contributed by atoms with Crippen molar-refractivity contribution in [1.29, 1.82) is 0 Å². The van der Waals surface area contributed by atoms with Crippen molar-refractivity contribution in [1.82, 2.24) is 10.2 Å². The number of hydrogen-bond donors (Lipinski definition) is 1. The van der Waals surface area contributed by atoms with Gasteiger partial charge < -0.3 is 10.2 Å². The minimum Gasteiger partial charge on any atom is -0.340 e. The van der Waals surface area contributed by atoms with E-state index < -0.39 is 5.54 Å². The van der Waals surface area contributed by atoms with E-state index in [-0.39, 0.29) is 18.4 Å². The smallest absolute Gasteiger partial charge is 0.248 e. The Morgan fingerprint density at radius 2 is 1.95 bits per heavy atom. The van der Waals surface area contributed by atoms with Crippen molar-refractivity contribution in [3.63, 3.8) is 0 Å². The SMILES string of the molecule is CCCCC(CC)CN1CC(=O)NC2(CCCC2)C1=O. The topological polar surface area (TPSA) is 49.4 Å². The molecule has 2 fully saturated rings. The van der Waals surface area contributed by atoms with Crippen LogP contribution in [0.15, 0.2) is 0 Å². The average molecular weight is 280 g/mol. The Morgan fingerprint density at radius 3 is 2.55 bits per heavy atom. The van der Waals surface area contributed by atoms with Gasteiger partial charge in [0.15, 0.2) is 0 Å². The second-order valence-electron chi connectivity index (χ2n) is 6.44. The molecule has 2 amide bonds. The summed E-state index contributed by atoms with van der Waals surface area (Å²) in [6, 6.07) is 0. The Labute approximate surface area is 122 Å². The van der Waals surface area contributed by atoms with E-state index in [0.717, 1.165) is 45.1 Å². The molecule has 4 nitrogen and oxygen atoms in total. The third kappa shape index (κ3) is 3.15. The highest BCUT2D eigenvalue weighted by Gasteiger charge is 2.48. The lowest BCUT2D eigenvalue weighted by molar-refractivity contribution is -0.150. The Bertz CT molecular complexity index is 361. The van der Waals surface area contributed by atoms with Crippen molar-refractivity contribution in [2.45, 2.75) is 70.8 Å². The zero-order chi connectivity index (χ0) is 14.6. The fourth-order valence-corrected chi connectivity index (χ4v) is 3.60. The number of nitrogens with one attached hydrogen (secondary N) is 1. The number of rotatable bonds is 6. The zero-order valence-corrected chi connectivity index (χ0v) is 12.9. The summed E-state index contributed by atoms with van der Waals surface area (Å²) in [4.78, 5) is 26.5. The molecular weight excluding hydrogens is 252 g/mol. The van der Waals surface area contributed by atoms with Crippen LogP contribution in [0.5, 0.6) is 0 Å². The molecular formula is C16H28N2O2. The summed E-state index contributed by atoms with van der Waals surface area (Å²) in [7, 11) is 0. The Kier molecular flexibility index (Phi) is 5.06. The second kappa shape index (κ2) is 6.59. The third-order valence-electron chi connectivity index (χ3n) is 4.89. The van der Waals surface area contributed by atoms with Crippen LogP contribution < -0.4 is 5.32 Å². The predicted molar refractivity (Wildman–Crippen MR) is 79.2 cm³/mol. The van der Waals surface area contributed by atoms with Crippen LogP contribution in [0, 0.1) is 5.92 Å². The van der Waals surface area contributed by atoms with E-state index in [1.165, 1.54) is 12.8 Å². The van der Waals surface area contributed by atoms with E-state index in [4.69, 9.17) is 0 Å². The molecule has 0 aromatic heterocycles. The number of piperazine rings is 1. The molecule has 2 rings (SSSR count). The number of unbranched alkanes of at least 4 members (excludes halogenated alkanes) is 1. The summed E-state index contributed by atoms with van der Waals surface area (Å²) >= 11 is 0. The number of carbonyl (C=O) groups is 2. The largest absolute Gasteiger partial charge is 0.340 e. The van der Waals surface area contributed by atoms with Crippen LogP contribution >= 0.6 is 0 Å². The average Bonchev–Trinajstić information content (AvgIpc) is 2.89. The maximum Gasteiger partial charge on any atom is 0.248 e. The molecule has 2 aliphatic rings. The summed E-state index contributed by atoms with van der Waals surface area (Å²) in [6.07, 6.45) is 8.37. The lowest BCUT2D eigenvalue weighted by Gasteiger charge is -2.41. The van der Waals surface area contributed by atoms with E-state index in [9.17, 15) is 9.59 Å². The normalized spacial score (nSPS) is 23.2. The van der Waals surface area contributed by atoms with Crippen LogP contribution in [0.2, 0.25) is 0 Å². The van der Waals surface area contributed by atoms with E-state index in [0.29, 0.717) is 5.92 Å². The van der Waals surface area contributed by atoms with E-state index in [1.54, 1.807) is 0 Å². The van der Waals surface area contributed by atoms with Crippen molar-refractivity contribution in [2.75, 3.05) is 13.1 Å². The van der Waals surface area contributed by atoms with Crippen molar-refractivity contribution < 1.29 is 9.59 Å². The molecule has 114 valence electrons. The highest BCUT2D eigenvalue weighted by molar-refractivity contribution is 5.98. The first kappa shape index (κ1) is 15.3. The molecule has 0 aromatic carbocycles. The first-order valence-electron chi connectivity index (χ1n) is 8.21. The van der Waals surface area contributed by atoms with Gasteiger partial charge in [0.25, 0.3) is 0 Å². The lowest BCUT2D eigenvalue weighted by Crippen LogP contribution is -2.65. The number of carbonyl (C=O) groups excluding carboxylic acids is 2. The van der Waals surface area contributed by atoms with Gasteiger partial charge in [-0.05, 0) is 25.2 Å². The lowest BCUT2D eigenvalue weighted by atomic mass is 9.91. The van der Waals surface area contributed by atoms with Gasteiger partial charge in [0, 0.05) is 6.54 Å². The van der Waals surface area contributed by atoms with Crippen LogP contribution in [0.1, 0.15) is 65.2 Å². The highest BCUT2D eigenvalue weighted by atomic mass is 16.2. The molecule has 1 unspecified atom stereocenters. The Morgan fingerprint density at radius 1 is 1.25 bits per heavy atom. The van der Waals surface area contributed by atoms with Gasteiger partial charge >= 0.3 is 0 Å². The minimum atomic E-state index is -0.557. The summed E-state index contributed by atoms with van der Waals surface area (Å²) in [5, 5.41) is 2.98. The van der Waals surface area contributed by atoms with E-state index >= 15 is 0 Å². The molecule has 1 saturated heterocycles. The van der Waals surface area contributed by atoms with Crippen molar-refractivity contribution in [2.24, 2.45) is 5.92 Å². The molecule has 0 bridgehead atoms. The molecule has 4 heteroatoms. The van der Waals surface area contributed by atoms with Crippen LogP contribution in [0.3, 0.4) is 0 Å². The monoisotopic (exact) mass is 280 g/mol. The Hall–Kier alpha value is -1.06. The van der Waals surface area contributed by atoms with Crippen LogP contribution in [0.4, 0.5) is 0 Å². The first-order chi connectivity index (χ1) is 9.61. The maximum absolute atomic E-state index is 12.7. The zero-order valence-electron chi connectivity index (χ0n) is 12.9. The second-order valence-corrected chi connectivity index (χ2v) is 6.44. The quantitative estimate of drug-likeness (QED) is 0.812. The van der Waals surface area contributed by atoms with Gasteiger partial charge in [-0.15, -0.1) is 0 Å². The molecule has 1 atom stereocenters. The van der Waals surface area contributed by atoms with Crippen LogP contribution in [-0.4, -0.2) is 35.3 Å². The van der Waals surface area contributed by atoms with Crippen molar-refractivity contribution in [3.8, 4) is 0 Å². The fourth-order valence-electron chi connectivity index (χ4n) is 3.60. The van der Waals surface area contributed by atoms with Crippen LogP contribution in [-0.2, 0) is 9.59 Å². The maximum atomic E-state index is 12.7. The van der Waals surface area contributed by atoms with Gasteiger partial charge in [0.2, 0.25) is 11.8 Å². The number of nitrogens with zero attached hydrogens (tertiary/aromatic N) is 1. The van der Waals surface area contributed by atoms with Gasteiger partial charge in [0.1, 0.15) is 5.54 Å². The molecule has 1 saturated carbocycles. The van der Waals surface area contributed by atoms with Crippen LogP contribution in [0.25, 0.3) is 0 Å². The molecule has 0 aromatic rings. The van der Waals surface area contributed by atoms with Gasteiger partial charge in [0.05, 0.1) is 6.54 Å². The molecule has 1 N–H and O–H groups in total. The molecule has 1 heterocycles. The molecule has 1 aliphatic heterocycles. The predicted octanol–water partition coefficient (Wildman–Crippen LogP) is 2.47.